The van der Waals surface area contributed by atoms with Gasteiger partial charge in [-0.2, -0.15) is 26.3 Å². The van der Waals surface area contributed by atoms with Crippen LogP contribution < -0.4 is 0 Å². The molecule has 2 nitrogen and oxygen atoms in total. The zero-order valence-corrected chi connectivity index (χ0v) is 11.8. The highest BCUT2D eigenvalue weighted by Crippen LogP contribution is 2.47. The van der Waals surface area contributed by atoms with Crippen molar-refractivity contribution in [3.05, 3.63) is 47.5 Å². The van der Waals surface area contributed by atoms with E-state index in [2.05, 4.69) is 0 Å². The van der Waals surface area contributed by atoms with E-state index in [1.165, 1.54) is 0 Å². The molecular formula is C14H6F6O2S. The lowest BCUT2D eigenvalue weighted by Gasteiger charge is -2.10. The predicted octanol–water partition coefficient (Wildman–Crippen LogP) is 4.54. The van der Waals surface area contributed by atoms with Crippen LogP contribution in [0.15, 0.2) is 46.2 Å². The number of fused-ring (bicyclic) bond motifs is 3. The molecule has 0 radical (unpaired) electrons. The SMILES string of the molecule is O=S1(=O)c2ccc(C(F)(F)F)cc2-c2cc(C(F)(F)F)ccc21. The van der Waals surface area contributed by atoms with Gasteiger partial charge >= 0.3 is 12.4 Å². The van der Waals surface area contributed by atoms with Gasteiger partial charge in [0.05, 0.1) is 20.9 Å². The number of alkyl halides is 6. The van der Waals surface area contributed by atoms with Crippen LogP contribution in [0, 0.1) is 0 Å². The Hall–Kier alpha value is -2.03. The second kappa shape index (κ2) is 4.50. The van der Waals surface area contributed by atoms with Crippen molar-refractivity contribution < 1.29 is 34.8 Å². The molecule has 0 spiro atoms. The van der Waals surface area contributed by atoms with E-state index in [1.54, 1.807) is 0 Å². The lowest BCUT2D eigenvalue weighted by Crippen LogP contribution is -2.05. The molecule has 122 valence electrons. The van der Waals surface area contributed by atoms with Crippen molar-refractivity contribution in [2.45, 2.75) is 22.1 Å². The highest BCUT2D eigenvalue weighted by atomic mass is 32.2. The van der Waals surface area contributed by atoms with E-state index in [1.807, 2.05) is 0 Å². The first kappa shape index (κ1) is 15.9. The Kier molecular flexibility index (Phi) is 3.10. The lowest BCUT2D eigenvalue weighted by atomic mass is 10.0. The second-order valence-corrected chi connectivity index (χ2v) is 6.81. The summed E-state index contributed by atoms with van der Waals surface area (Å²) in [5.74, 6) is 0. The third-order valence-electron chi connectivity index (χ3n) is 3.48. The van der Waals surface area contributed by atoms with Gasteiger partial charge in [-0.15, -0.1) is 0 Å². The molecule has 0 aromatic heterocycles. The Morgan fingerprint density at radius 3 is 1.30 bits per heavy atom. The van der Waals surface area contributed by atoms with Gasteiger partial charge in [-0.05, 0) is 36.4 Å². The van der Waals surface area contributed by atoms with Gasteiger partial charge < -0.3 is 0 Å². The number of hydrogen-bond acceptors (Lipinski definition) is 2. The minimum atomic E-state index is -4.73. The molecule has 0 unspecified atom stereocenters. The fraction of sp³-hybridized carbons (Fsp3) is 0.143. The summed E-state index contributed by atoms with van der Waals surface area (Å²) in [4.78, 5) is -0.861. The Morgan fingerprint density at radius 2 is 1.00 bits per heavy atom. The van der Waals surface area contributed by atoms with Gasteiger partial charge in [0.15, 0.2) is 0 Å². The number of hydrogen-bond donors (Lipinski definition) is 0. The summed E-state index contributed by atoms with van der Waals surface area (Å²) in [5, 5.41) is 0. The Balaban J connectivity index is 2.32. The van der Waals surface area contributed by atoms with Gasteiger partial charge in [0.25, 0.3) is 0 Å². The van der Waals surface area contributed by atoms with E-state index in [9.17, 15) is 34.8 Å². The highest BCUT2D eigenvalue weighted by molar-refractivity contribution is 7.92. The summed E-state index contributed by atoms with van der Waals surface area (Å²) in [6.07, 6.45) is -9.47. The van der Waals surface area contributed by atoms with Crippen molar-refractivity contribution in [2.75, 3.05) is 0 Å². The molecular weight excluding hydrogens is 346 g/mol. The van der Waals surface area contributed by atoms with Crippen LogP contribution in [0.4, 0.5) is 26.3 Å². The molecule has 3 rings (SSSR count). The quantitative estimate of drug-likeness (QED) is 0.557. The molecule has 0 bridgehead atoms. The summed E-state index contributed by atoms with van der Waals surface area (Å²) >= 11 is 0. The van der Waals surface area contributed by atoms with E-state index in [4.69, 9.17) is 0 Å². The Bertz CT molecular complexity index is 840. The topological polar surface area (TPSA) is 34.1 Å². The van der Waals surface area contributed by atoms with Crippen LogP contribution >= 0.6 is 0 Å². The van der Waals surface area contributed by atoms with Crippen LogP contribution in [-0.2, 0) is 22.2 Å². The molecule has 0 aliphatic carbocycles. The molecule has 1 aliphatic heterocycles. The van der Waals surface area contributed by atoms with Gasteiger partial charge in [0.2, 0.25) is 9.84 Å². The second-order valence-electron chi connectivity index (χ2n) is 4.92. The van der Waals surface area contributed by atoms with Crippen LogP contribution in [-0.4, -0.2) is 8.42 Å². The van der Waals surface area contributed by atoms with E-state index < -0.39 is 43.1 Å². The van der Waals surface area contributed by atoms with Crippen molar-refractivity contribution in [1.82, 2.24) is 0 Å². The third kappa shape index (κ3) is 2.39. The summed E-state index contributed by atoms with van der Waals surface area (Å²) in [6, 6.07) is 3.82. The van der Waals surface area contributed by atoms with Crippen molar-refractivity contribution >= 4 is 9.84 Å². The molecule has 0 N–H and O–H groups in total. The molecule has 0 fully saturated rings. The minimum absolute atomic E-state index is 0.374. The first-order chi connectivity index (χ1) is 10.4. The minimum Gasteiger partial charge on any atom is -0.218 e. The largest absolute Gasteiger partial charge is 0.416 e. The maximum absolute atomic E-state index is 12.8. The number of benzene rings is 2. The van der Waals surface area contributed by atoms with Gasteiger partial charge in [-0.3, -0.25) is 0 Å². The lowest BCUT2D eigenvalue weighted by molar-refractivity contribution is -0.138. The maximum Gasteiger partial charge on any atom is 0.416 e. The zero-order valence-electron chi connectivity index (χ0n) is 11.0. The number of rotatable bonds is 0. The summed E-state index contributed by atoms with van der Waals surface area (Å²) in [7, 11) is -4.12. The predicted molar refractivity (Wildman–Crippen MR) is 67.3 cm³/mol. The van der Waals surface area contributed by atoms with Gasteiger partial charge in [0.1, 0.15) is 0 Å². The summed E-state index contributed by atoms with van der Waals surface area (Å²) < 4.78 is 101. The smallest absolute Gasteiger partial charge is 0.218 e. The van der Waals surface area contributed by atoms with Crippen LogP contribution in [0.25, 0.3) is 11.1 Å². The zero-order chi connectivity index (χ0) is 17.2. The average Bonchev–Trinajstić information content (AvgIpc) is 2.65. The molecule has 1 aliphatic rings. The number of sulfone groups is 1. The summed E-state index contributed by atoms with van der Waals surface area (Å²) in [5.41, 5.74) is -3.00. The highest BCUT2D eigenvalue weighted by Gasteiger charge is 2.39. The van der Waals surface area contributed by atoms with E-state index >= 15 is 0 Å². The van der Waals surface area contributed by atoms with Crippen molar-refractivity contribution in [3.63, 3.8) is 0 Å². The molecule has 9 heteroatoms. The van der Waals surface area contributed by atoms with Gasteiger partial charge in [-0.25, -0.2) is 8.42 Å². The third-order valence-corrected chi connectivity index (χ3v) is 5.35. The fourth-order valence-corrected chi connectivity index (χ4v) is 4.07. The van der Waals surface area contributed by atoms with E-state index in [0.29, 0.717) is 24.3 Å². The molecule has 0 amide bonds. The Labute approximate surface area is 126 Å². The molecule has 2 aromatic rings. The van der Waals surface area contributed by atoms with Crippen molar-refractivity contribution in [1.29, 1.82) is 0 Å². The molecule has 0 saturated carbocycles. The van der Waals surface area contributed by atoms with E-state index in [-0.39, 0.29) is 11.1 Å². The van der Waals surface area contributed by atoms with Crippen LogP contribution in [0.3, 0.4) is 0 Å². The van der Waals surface area contributed by atoms with Crippen molar-refractivity contribution in [3.8, 4) is 11.1 Å². The summed E-state index contributed by atoms with van der Waals surface area (Å²) in [6.45, 7) is 0. The Morgan fingerprint density at radius 1 is 0.652 bits per heavy atom. The molecule has 0 saturated heterocycles. The molecule has 2 aromatic carbocycles. The normalized spacial score (nSPS) is 16.1. The number of halogens is 6. The molecule has 0 atom stereocenters. The maximum atomic E-state index is 12.8. The van der Waals surface area contributed by atoms with Crippen LogP contribution in [0.1, 0.15) is 11.1 Å². The fourth-order valence-electron chi connectivity index (χ4n) is 2.42. The van der Waals surface area contributed by atoms with Gasteiger partial charge in [-0.1, -0.05) is 0 Å². The average molecular weight is 352 g/mol. The first-order valence-electron chi connectivity index (χ1n) is 6.10. The first-order valence-corrected chi connectivity index (χ1v) is 7.58. The molecule has 1 heterocycles. The standard InChI is InChI=1S/C14H6F6O2S/c15-13(16,17)7-1-3-11-9(5-7)10-6-8(14(18,19)20)2-4-12(10)23(11,21)22/h1-6H. The van der Waals surface area contributed by atoms with Crippen LogP contribution in [0.2, 0.25) is 0 Å². The molecule has 23 heavy (non-hydrogen) atoms. The monoisotopic (exact) mass is 352 g/mol. The van der Waals surface area contributed by atoms with Crippen molar-refractivity contribution in [2.24, 2.45) is 0 Å². The van der Waals surface area contributed by atoms with Crippen LogP contribution in [0.5, 0.6) is 0 Å². The van der Waals surface area contributed by atoms with Gasteiger partial charge in [0, 0.05) is 11.1 Å². The van der Waals surface area contributed by atoms with E-state index in [0.717, 1.165) is 12.1 Å².